The van der Waals surface area contributed by atoms with Crippen LogP contribution in [0.3, 0.4) is 0 Å². The van der Waals surface area contributed by atoms with Crippen LogP contribution in [-0.2, 0) is 10.3 Å². The summed E-state index contributed by atoms with van der Waals surface area (Å²) >= 11 is 7.19. The van der Waals surface area contributed by atoms with E-state index in [4.69, 9.17) is 22.1 Å². The highest BCUT2D eigenvalue weighted by atomic mass is 35.5. The minimum Gasteiger partial charge on any atom is -0.386 e. The van der Waals surface area contributed by atoms with Crippen LogP contribution in [0.1, 0.15) is 22.2 Å². The van der Waals surface area contributed by atoms with Crippen molar-refractivity contribution in [3.8, 4) is 0 Å². The molecule has 1 aromatic carbocycles. The molecule has 1 aliphatic heterocycles. The van der Waals surface area contributed by atoms with Crippen LogP contribution >= 0.6 is 22.9 Å². The Labute approximate surface area is 147 Å². The molecule has 0 bridgehead atoms. The van der Waals surface area contributed by atoms with Crippen molar-refractivity contribution in [1.29, 1.82) is 0 Å². The Bertz CT molecular complexity index is 823. The summed E-state index contributed by atoms with van der Waals surface area (Å²) in [4.78, 5) is 17.0. The number of ether oxygens (including phenoxy) is 1. The van der Waals surface area contributed by atoms with E-state index in [0.29, 0.717) is 27.0 Å². The van der Waals surface area contributed by atoms with Crippen molar-refractivity contribution in [3.63, 3.8) is 0 Å². The number of hydrogen-bond acceptors (Lipinski definition) is 5. The van der Waals surface area contributed by atoms with Crippen LogP contribution in [0.15, 0.2) is 34.6 Å². The third-order valence-electron chi connectivity index (χ3n) is 3.65. The number of amidine groups is 1. The molecule has 0 fully saturated rings. The monoisotopic (exact) mass is 367 g/mol. The molecule has 0 aliphatic carbocycles. The van der Waals surface area contributed by atoms with Gasteiger partial charge in [0, 0.05) is 11.3 Å². The number of rotatable bonds is 3. The number of thiophene rings is 1. The number of carbonyl (C=O) groups is 1. The summed E-state index contributed by atoms with van der Waals surface area (Å²) in [7, 11) is 0. The van der Waals surface area contributed by atoms with Gasteiger partial charge in [0.25, 0.3) is 5.91 Å². The summed E-state index contributed by atoms with van der Waals surface area (Å²) < 4.78 is 19.7. The Morgan fingerprint density at radius 2 is 2.29 bits per heavy atom. The average molecular weight is 368 g/mol. The van der Waals surface area contributed by atoms with E-state index < -0.39 is 11.4 Å². The number of nitrogens with two attached hydrogens (primary N) is 1. The molecule has 0 radical (unpaired) electrons. The van der Waals surface area contributed by atoms with Gasteiger partial charge < -0.3 is 15.8 Å². The molecule has 8 heteroatoms. The zero-order chi connectivity index (χ0) is 17.3. The fourth-order valence-electron chi connectivity index (χ4n) is 2.53. The van der Waals surface area contributed by atoms with Crippen molar-refractivity contribution in [2.24, 2.45) is 10.7 Å². The number of benzene rings is 1. The first kappa shape index (κ1) is 16.9. The number of amides is 1. The quantitative estimate of drug-likeness (QED) is 0.872. The number of hydrogen-bond donors (Lipinski definition) is 2. The molecule has 0 unspecified atom stereocenters. The summed E-state index contributed by atoms with van der Waals surface area (Å²) in [5, 5.41) is 4.83. The van der Waals surface area contributed by atoms with Gasteiger partial charge in [-0.2, -0.15) is 0 Å². The van der Waals surface area contributed by atoms with Crippen LogP contribution in [0.25, 0.3) is 0 Å². The number of nitrogens with one attached hydrogen (secondary N) is 1. The van der Waals surface area contributed by atoms with Gasteiger partial charge in [0.2, 0.25) is 0 Å². The molecule has 0 spiro atoms. The summed E-state index contributed by atoms with van der Waals surface area (Å²) in [5.74, 6) is -0.477. The zero-order valence-electron chi connectivity index (χ0n) is 12.8. The minimum absolute atomic E-state index is 0.207. The van der Waals surface area contributed by atoms with Gasteiger partial charge in [0.15, 0.2) is 0 Å². The van der Waals surface area contributed by atoms with Crippen LogP contribution in [0.5, 0.6) is 0 Å². The molecule has 126 valence electrons. The molecule has 1 aromatic heterocycles. The van der Waals surface area contributed by atoms with Crippen molar-refractivity contribution < 1.29 is 13.9 Å². The summed E-state index contributed by atoms with van der Waals surface area (Å²) in [6, 6.07) is 5.96. The van der Waals surface area contributed by atoms with Crippen LogP contribution in [0.4, 0.5) is 10.1 Å². The lowest BCUT2D eigenvalue weighted by Crippen LogP contribution is -2.38. The molecule has 3 N–H and O–H groups in total. The van der Waals surface area contributed by atoms with Crippen LogP contribution in [0, 0.1) is 5.82 Å². The molecule has 2 aromatic rings. The first-order chi connectivity index (χ1) is 11.4. The van der Waals surface area contributed by atoms with E-state index in [1.165, 1.54) is 23.5 Å². The number of anilines is 1. The second-order valence-corrected chi connectivity index (χ2v) is 6.94. The van der Waals surface area contributed by atoms with Crippen molar-refractivity contribution in [2.45, 2.75) is 12.5 Å². The van der Waals surface area contributed by atoms with Gasteiger partial charge >= 0.3 is 0 Å². The average Bonchev–Trinajstić information content (AvgIpc) is 2.95. The highest BCUT2D eigenvalue weighted by molar-refractivity contribution is 7.12. The van der Waals surface area contributed by atoms with E-state index in [0.717, 1.165) is 0 Å². The van der Waals surface area contributed by atoms with E-state index >= 15 is 0 Å². The lowest BCUT2D eigenvalue weighted by Gasteiger charge is -2.30. The molecular formula is C16H15ClFN3O2S. The Balaban J connectivity index is 1.91. The van der Waals surface area contributed by atoms with Crippen molar-refractivity contribution >= 4 is 40.4 Å². The summed E-state index contributed by atoms with van der Waals surface area (Å²) in [6.45, 7) is 2.17. The highest BCUT2D eigenvalue weighted by Gasteiger charge is 2.33. The molecule has 5 nitrogen and oxygen atoms in total. The van der Waals surface area contributed by atoms with Gasteiger partial charge in [-0.1, -0.05) is 11.6 Å². The number of nitrogens with zero attached hydrogens (tertiary/aromatic N) is 1. The largest absolute Gasteiger partial charge is 0.386 e. The maximum atomic E-state index is 14.3. The van der Waals surface area contributed by atoms with E-state index in [2.05, 4.69) is 10.3 Å². The normalized spacial score (nSPS) is 20.5. The molecule has 1 atom stereocenters. The maximum absolute atomic E-state index is 14.3. The van der Waals surface area contributed by atoms with Crippen LogP contribution in [-0.4, -0.2) is 25.0 Å². The van der Waals surface area contributed by atoms with Crippen molar-refractivity contribution in [1.82, 2.24) is 0 Å². The van der Waals surface area contributed by atoms with Gasteiger partial charge in [-0.3, -0.25) is 9.79 Å². The van der Waals surface area contributed by atoms with E-state index in [9.17, 15) is 9.18 Å². The van der Waals surface area contributed by atoms with E-state index in [-0.39, 0.29) is 19.1 Å². The minimum atomic E-state index is -0.937. The Morgan fingerprint density at radius 1 is 1.50 bits per heavy atom. The first-order valence-electron chi connectivity index (χ1n) is 7.15. The van der Waals surface area contributed by atoms with Gasteiger partial charge in [0.05, 0.1) is 11.6 Å². The number of carbonyl (C=O) groups excluding carboxylic acids is 1. The topological polar surface area (TPSA) is 76.7 Å². The number of aliphatic imine (C=N–C) groups is 1. The fourth-order valence-corrected chi connectivity index (χ4v) is 3.57. The lowest BCUT2D eigenvalue weighted by molar-refractivity contribution is 0.102. The smallest absolute Gasteiger partial charge is 0.267 e. The number of halogens is 2. The Kier molecular flexibility index (Phi) is 4.58. The van der Waals surface area contributed by atoms with E-state index in [1.807, 2.05) is 0 Å². The maximum Gasteiger partial charge on any atom is 0.267 e. The van der Waals surface area contributed by atoms with Gasteiger partial charge in [-0.05, 0) is 36.6 Å². The third-order valence-corrected chi connectivity index (χ3v) is 4.99. The molecule has 3 rings (SSSR count). The Morgan fingerprint density at radius 3 is 2.96 bits per heavy atom. The standard InChI is InChI=1S/C16H15ClFN3O2S/c1-16(8-23-7-13(19)21-16)10-6-9(2-3-12(10)18)20-15(22)14-11(17)4-5-24-14/h2-6H,7-8H2,1H3,(H2,19,21)(H,20,22)/t16-/m0/s1. The molecule has 0 saturated carbocycles. The molecule has 24 heavy (non-hydrogen) atoms. The third kappa shape index (κ3) is 3.28. The van der Waals surface area contributed by atoms with Crippen LogP contribution < -0.4 is 11.1 Å². The predicted octanol–water partition coefficient (Wildman–Crippen LogP) is 3.40. The predicted molar refractivity (Wildman–Crippen MR) is 93.5 cm³/mol. The van der Waals surface area contributed by atoms with Gasteiger partial charge in [-0.15, -0.1) is 11.3 Å². The lowest BCUT2D eigenvalue weighted by atomic mass is 9.92. The van der Waals surface area contributed by atoms with Gasteiger partial charge in [-0.25, -0.2) is 4.39 Å². The second-order valence-electron chi connectivity index (χ2n) is 5.62. The SMILES string of the molecule is C[C@@]1(c2cc(NC(=O)c3sccc3Cl)ccc2F)COCC(N)=N1. The molecular weight excluding hydrogens is 353 g/mol. The Hall–Kier alpha value is -1.96. The molecule has 1 aliphatic rings. The summed E-state index contributed by atoms with van der Waals surface area (Å²) in [5.41, 5.74) is 5.53. The highest BCUT2D eigenvalue weighted by Crippen LogP contribution is 2.32. The van der Waals surface area contributed by atoms with Crippen LogP contribution in [0.2, 0.25) is 5.02 Å². The van der Waals surface area contributed by atoms with E-state index in [1.54, 1.807) is 24.4 Å². The molecule has 0 saturated heterocycles. The molecule has 2 heterocycles. The van der Waals surface area contributed by atoms with Crippen molar-refractivity contribution in [3.05, 3.63) is 50.9 Å². The fraction of sp³-hybridized carbons (Fsp3) is 0.250. The van der Waals surface area contributed by atoms with Crippen molar-refractivity contribution in [2.75, 3.05) is 18.5 Å². The second kappa shape index (κ2) is 6.51. The summed E-state index contributed by atoms with van der Waals surface area (Å²) in [6.07, 6.45) is 0. The molecule has 1 amide bonds. The first-order valence-corrected chi connectivity index (χ1v) is 8.41. The van der Waals surface area contributed by atoms with Gasteiger partial charge in [0.1, 0.15) is 28.7 Å². The zero-order valence-corrected chi connectivity index (χ0v) is 14.4.